The van der Waals surface area contributed by atoms with Crippen LogP contribution >= 0.6 is 0 Å². The van der Waals surface area contributed by atoms with Crippen molar-refractivity contribution >= 4 is 23.9 Å². The summed E-state index contributed by atoms with van der Waals surface area (Å²) in [5.41, 5.74) is -4.92. The van der Waals surface area contributed by atoms with Gasteiger partial charge in [0.2, 0.25) is 11.4 Å². The Hall–Kier alpha value is -4.09. The van der Waals surface area contributed by atoms with Gasteiger partial charge in [-0.05, 0) is 42.2 Å². The third-order valence-electron chi connectivity index (χ3n) is 9.52. The number of fused-ring (bicyclic) bond motifs is 2. The molecule has 1 aromatic carbocycles. The van der Waals surface area contributed by atoms with Crippen molar-refractivity contribution in [2.24, 2.45) is 17.8 Å². The molecule has 0 radical (unpaired) electrons. The molecule has 0 aromatic heterocycles. The molecule has 0 saturated carbocycles. The van der Waals surface area contributed by atoms with Crippen molar-refractivity contribution in [3.05, 3.63) is 60.2 Å². The van der Waals surface area contributed by atoms with E-state index >= 15 is 0 Å². The summed E-state index contributed by atoms with van der Waals surface area (Å²) in [4.78, 5) is 52.3. The van der Waals surface area contributed by atoms with Crippen LogP contribution in [0.4, 0.5) is 0 Å². The highest BCUT2D eigenvalue weighted by Crippen LogP contribution is 2.56. The van der Waals surface area contributed by atoms with Gasteiger partial charge in [0, 0.05) is 25.3 Å². The predicted octanol–water partition coefficient (Wildman–Crippen LogP) is 3.50. The number of hydrogen-bond donors (Lipinski definition) is 2. The van der Waals surface area contributed by atoms with E-state index in [-0.39, 0.29) is 24.7 Å². The number of aliphatic hydroxyl groups excluding tert-OH is 1. The fourth-order valence-electron chi connectivity index (χ4n) is 6.75. The van der Waals surface area contributed by atoms with Crippen LogP contribution in [-0.4, -0.2) is 89.7 Å². The number of nitriles is 1. The molecule has 2 heterocycles. The zero-order valence-electron chi connectivity index (χ0n) is 29.7. The zero-order valence-corrected chi connectivity index (χ0v) is 29.7. The van der Waals surface area contributed by atoms with Crippen molar-refractivity contribution in [1.82, 2.24) is 0 Å². The molecule has 2 bridgehead atoms. The molecule has 3 rings (SSSR count). The molecule has 0 aliphatic carbocycles. The first kappa shape index (κ1) is 40.3. The average molecular weight is 700 g/mol. The van der Waals surface area contributed by atoms with Crippen LogP contribution in [0.1, 0.15) is 65.9 Å². The van der Waals surface area contributed by atoms with Crippen LogP contribution < -0.4 is 0 Å². The van der Waals surface area contributed by atoms with Gasteiger partial charge in [-0.2, -0.15) is 5.26 Å². The van der Waals surface area contributed by atoms with E-state index in [4.69, 9.17) is 28.4 Å². The minimum absolute atomic E-state index is 0.0406. The van der Waals surface area contributed by atoms with Gasteiger partial charge < -0.3 is 38.6 Å². The number of carbonyl (C=O) groups excluding carboxylic acids is 4. The van der Waals surface area contributed by atoms with Gasteiger partial charge >= 0.3 is 23.9 Å². The van der Waals surface area contributed by atoms with Crippen LogP contribution in [0, 0.1) is 29.1 Å². The topological polar surface area (TPSA) is 188 Å². The molecule has 2 fully saturated rings. The zero-order chi connectivity index (χ0) is 37.4. The van der Waals surface area contributed by atoms with Gasteiger partial charge in [0.15, 0.2) is 12.2 Å². The second-order valence-corrected chi connectivity index (χ2v) is 13.3. The van der Waals surface area contributed by atoms with E-state index in [2.05, 4.69) is 13.5 Å². The Morgan fingerprint density at radius 3 is 2.30 bits per heavy atom. The third-order valence-corrected chi connectivity index (χ3v) is 9.52. The Morgan fingerprint density at radius 1 is 1.10 bits per heavy atom. The number of nitrogens with zero attached hydrogens (tertiary/aromatic N) is 1. The Bertz CT molecular complexity index is 1470. The summed E-state index contributed by atoms with van der Waals surface area (Å²) in [7, 11) is 1.82. The number of benzene rings is 1. The second-order valence-electron chi connectivity index (χ2n) is 13.3. The summed E-state index contributed by atoms with van der Waals surface area (Å²) in [6.07, 6.45) is -2.68. The third kappa shape index (κ3) is 7.94. The van der Waals surface area contributed by atoms with Gasteiger partial charge in [0.25, 0.3) is 5.60 Å². The lowest BCUT2D eigenvalue weighted by molar-refractivity contribution is -0.370. The summed E-state index contributed by atoms with van der Waals surface area (Å²) in [6.45, 7) is 13.3. The number of hydrogen-bond acceptors (Lipinski definition) is 13. The Labute approximate surface area is 293 Å². The van der Waals surface area contributed by atoms with E-state index in [9.17, 15) is 34.7 Å². The molecule has 0 unspecified atom stereocenters. The molecule has 50 heavy (non-hydrogen) atoms. The van der Waals surface area contributed by atoms with Crippen LogP contribution in [0.3, 0.4) is 0 Å². The fraction of sp³-hybridized carbons (Fsp3) is 0.595. The first-order chi connectivity index (χ1) is 23.6. The fourth-order valence-corrected chi connectivity index (χ4v) is 6.75. The maximum absolute atomic E-state index is 13.7. The van der Waals surface area contributed by atoms with Crippen LogP contribution in [-0.2, 0) is 54.0 Å². The molecule has 13 heteroatoms. The quantitative estimate of drug-likeness (QED) is 0.111. The van der Waals surface area contributed by atoms with Gasteiger partial charge in [-0.3, -0.25) is 4.79 Å². The summed E-state index contributed by atoms with van der Waals surface area (Å²) in [5, 5.41) is 33.9. The molecule has 1 aromatic rings. The number of aliphatic hydroxyl groups is 2. The molecule has 2 saturated heterocycles. The number of esters is 4. The summed E-state index contributed by atoms with van der Waals surface area (Å²) in [5.74, 6) is -6.82. The molecule has 10 atom stereocenters. The van der Waals surface area contributed by atoms with Crippen LogP contribution in [0.25, 0.3) is 0 Å². The monoisotopic (exact) mass is 699 g/mol. The highest BCUT2D eigenvalue weighted by atomic mass is 16.8. The highest BCUT2D eigenvalue weighted by molar-refractivity contribution is 5.96. The number of ether oxygens (including phenoxy) is 6. The van der Waals surface area contributed by atoms with Crippen molar-refractivity contribution in [3.8, 4) is 6.07 Å². The lowest BCUT2D eigenvalue weighted by Crippen LogP contribution is -2.76. The average Bonchev–Trinajstić information content (AvgIpc) is 3.31. The van der Waals surface area contributed by atoms with Gasteiger partial charge in [-0.25, -0.2) is 14.4 Å². The van der Waals surface area contributed by atoms with E-state index in [1.54, 1.807) is 12.1 Å². The number of rotatable bonds is 16. The second kappa shape index (κ2) is 16.7. The Balaban J connectivity index is 2.04. The lowest BCUT2D eigenvalue weighted by Gasteiger charge is -2.48. The molecule has 2 aliphatic heterocycles. The lowest BCUT2D eigenvalue weighted by atomic mass is 9.74. The molecular weight excluding hydrogens is 650 g/mol. The first-order valence-electron chi connectivity index (χ1n) is 16.7. The van der Waals surface area contributed by atoms with Gasteiger partial charge in [-0.15, -0.1) is 0 Å². The van der Waals surface area contributed by atoms with Crippen molar-refractivity contribution in [2.45, 2.75) is 108 Å². The van der Waals surface area contributed by atoms with Crippen molar-refractivity contribution in [2.75, 3.05) is 14.2 Å². The SMILES string of the molecule is C=C(CC[C@@]12O[C@H](C#N)[C@@](O)(C(=O)OC)[C@@](C(=O)OC)(O1)[C@H](OC(=O)/C=C/[C@@H](C)C[C@@H](C)CC)[C@H]2O)[C@@H](OC(C)=O)[C@H](C)Cc1ccccc1. The normalized spacial score (nSPS) is 29.6. The largest absolute Gasteiger partial charge is 0.467 e. The molecule has 0 spiro atoms. The first-order valence-corrected chi connectivity index (χ1v) is 16.7. The van der Waals surface area contributed by atoms with Gasteiger partial charge in [-0.1, -0.05) is 77.1 Å². The van der Waals surface area contributed by atoms with Gasteiger partial charge in [0.1, 0.15) is 12.2 Å². The predicted molar refractivity (Wildman–Crippen MR) is 178 cm³/mol. The number of carbonyl (C=O) groups is 4. The minimum Gasteiger partial charge on any atom is -0.467 e. The maximum Gasteiger partial charge on any atom is 0.346 e. The molecular formula is C37H49NO12. The highest BCUT2D eigenvalue weighted by Gasteiger charge is 2.85. The molecule has 274 valence electrons. The smallest absolute Gasteiger partial charge is 0.346 e. The summed E-state index contributed by atoms with van der Waals surface area (Å²) >= 11 is 0. The van der Waals surface area contributed by atoms with Crippen LogP contribution in [0.15, 0.2) is 54.6 Å². The van der Waals surface area contributed by atoms with E-state index in [1.165, 1.54) is 6.92 Å². The van der Waals surface area contributed by atoms with Crippen molar-refractivity contribution in [3.63, 3.8) is 0 Å². The van der Waals surface area contributed by atoms with E-state index in [0.29, 0.717) is 17.9 Å². The minimum atomic E-state index is -3.27. The van der Waals surface area contributed by atoms with Crippen molar-refractivity contribution < 1.29 is 57.8 Å². The molecule has 0 amide bonds. The Morgan fingerprint density at radius 2 is 1.74 bits per heavy atom. The number of methoxy groups -OCH3 is 2. The van der Waals surface area contributed by atoms with Crippen LogP contribution in [0.2, 0.25) is 0 Å². The summed E-state index contributed by atoms with van der Waals surface area (Å²) < 4.78 is 33.0. The number of allylic oxidation sites excluding steroid dienone is 1. The van der Waals surface area contributed by atoms with E-state index < -0.39 is 65.3 Å². The maximum atomic E-state index is 13.7. The van der Waals surface area contributed by atoms with Crippen LogP contribution in [0.5, 0.6) is 0 Å². The summed E-state index contributed by atoms with van der Waals surface area (Å²) in [6, 6.07) is 11.2. The van der Waals surface area contributed by atoms with E-state index in [0.717, 1.165) is 38.7 Å². The Kier molecular flexibility index (Phi) is 13.5. The van der Waals surface area contributed by atoms with Gasteiger partial charge in [0.05, 0.1) is 20.3 Å². The molecule has 2 N–H and O–H groups in total. The standard InChI is InChI=1S/C37H49NO12/c1-9-22(2)19-23(3)15-16-29(40)48-32-31(41)35(49-28(21-38)36(44,33(42)45-7)37(32,50-35)34(43)46-8)18-17-24(4)30(47-26(6)39)25(5)20-27-13-11-10-12-14-27/h10-16,22-23,25,28,30-32,41,44H,4,9,17-20H2,1-3,5-8H3/b16-15+/t22-,23+,25+,28+,30+,31+,32+,35+,36+,37+/m0/s1. The van der Waals surface area contributed by atoms with Crippen molar-refractivity contribution in [1.29, 1.82) is 5.26 Å². The molecule has 13 nitrogen and oxygen atoms in total. The van der Waals surface area contributed by atoms with E-state index in [1.807, 2.05) is 51.1 Å². The molecule has 2 aliphatic rings.